The third-order valence-electron chi connectivity index (χ3n) is 5.91. The van der Waals surface area contributed by atoms with Gasteiger partial charge in [0, 0.05) is 12.8 Å². The Hall–Kier alpha value is -3.66. The lowest BCUT2D eigenvalue weighted by Crippen LogP contribution is -2.39. The highest BCUT2D eigenvalue weighted by atomic mass is 32.2. The highest BCUT2D eigenvalue weighted by Gasteiger charge is 2.39. The van der Waals surface area contributed by atoms with E-state index in [1.54, 1.807) is 5.01 Å². The van der Waals surface area contributed by atoms with E-state index in [4.69, 9.17) is 14.9 Å². The predicted molar refractivity (Wildman–Crippen MR) is 138 cm³/mol. The van der Waals surface area contributed by atoms with Gasteiger partial charge < -0.3 is 15.2 Å². The number of ether oxygens (including phenoxy) is 1. The Balaban J connectivity index is 1.56. The van der Waals surface area contributed by atoms with Crippen LogP contribution in [0.1, 0.15) is 49.4 Å². The molecule has 2 aliphatic heterocycles. The van der Waals surface area contributed by atoms with Crippen LogP contribution in [0, 0.1) is 6.92 Å². The van der Waals surface area contributed by atoms with Gasteiger partial charge in [-0.3, -0.25) is 14.4 Å². The lowest BCUT2D eigenvalue weighted by Gasteiger charge is -2.23. The van der Waals surface area contributed by atoms with Crippen molar-refractivity contribution in [3.63, 3.8) is 0 Å². The number of carboxylic acids is 1. The molecule has 0 fully saturated rings. The summed E-state index contributed by atoms with van der Waals surface area (Å²) in [4.78, 5) is 40.2. The first kappa shape index (κ1) is 25.4. The minimum Gasteiger partial charge on any atom is -0.494 e. The molecule has 2 N–H and O–H groups in total. The molecule has 0 aromatic heterocycles. The van der Waals surface area contributed by atoms with Gasteiger partial charge in [0.1, 0.15) is 17.0 Å². The number of thioether (sulfide) groups is 1. The van der Waals surface area contributed by atoms with Crippen LogP contribution >= 0.6 is 11.8 Å². The normalized spacial score (nSPS) is 20.1. The van der Waals surface area contributed by atoms with Crippen molar-refractivity contribution in [2.75, 3.05) is 6.61 Å². The minimum absolute atomic E-state index is 0.162. The van der Waals surface area contributed by atoms with Gasteiger partial charge >= 0.3 is 5.97 Å². The Morgan fingerprint density at radius 3 is 2.53 bits per heavy atom. The van der Waals surface area contributed by atoms with E-state index in [1.165, 1.54) is 18.7 Å². The number of carbonyl (C=O) groups is 3. The van der Waals surface area contributed by atoms with Gasteiger partial charge in [0.2, 0.25) is 5.91 Å². The minimum atomic E-state index is -1.14. The molecule has 3 atom stereocenters. The number of aliphatic carboxylic acids is 1. The van der Waals surface area contributed by atoms with Crippen molar-refractivity contribution >= 4 is 40.4 Å². The van der Waals surface area contributed by atoms with Gasteiger partial charge in [0.05, 0.1) is 18.4 Å². The standard InChI is InChI=1S/C26H28N4O5S/c1-4-35-19-11-9-18(10-12-19)21-13-20(17-7-5-15(2)6-8-17)29-30(21)26-28-24(32)22(36-26)14-23(31)27-16(3)25(33)34/h5-12,16,21-22H,4,13-14H2,1-3H3,(H,27,31)(H,33,34). The topological polar surface area (TPSA) is 121 Å². The molecule has 0 aliphatic carbocycles. The second-order valence-corrected chi connectivity index (χ2v) is 9.82. The van der Waals surface area contributed by atoms with Crippen molar-refractivity contribution in [2.45, 2.75) is 50.9 Å². The van der Waals surface area contributed by atoms with Crippen LogP contribution in [0.2, 0.25) is 0 Å². The van der Waals surface area contributed by atoms with Crippen molar-refractivity contribution in [1.29, 1.82) is 0 Å². The molecule has 0 spiro atoms. The summed E-state index contributed by atoms with van der Waals surface area (Å²) in [5.41, 5.74) is 4.02. The molecule has 188 valence electrons. The molecule has 2 aromatic rings. The molecule has 0 bridgehead atoms. The Kier molecular flexibility index (Phi) is 7.73. The summed E-state index contributed by atoms with van der Waals surface area (Å²) in [5, 5.41) is 17.7. The number of hydrogen-bond acceptors (Lipinski definition) is 7. The van der Waals surface area contributed by atoms with Crippen molar-refractivity contribution in [2.24, 2.45) is 10.1 Å². The highest BCUT2D eigenvalue weighted by molar-refractivity contribution is 8.15. The lowest BCUT2D eigenvalue weighted by atomic mass is 9.98. The number of aliphatic imine (C=N–C) groups is 1. The molecule has 10 heteroatoms. The maximum Gasteiger partial charge on any atom is 0.325 e. The van der Waals surface area contributed by atoms with Crippen molar-refractivity contribution in [1.82, 2.24) is 10.3 Å². The molecule has 3 unspecified atom stereocenters. The SMILES string of the molecule is CCOc1ccc(C2CC(c3ccc(C)cc3)=NN2C2=NC(=O)C(CC(=O)NC(C)C(=O)O)S2)cc1. The smallest absolute Gasteiger partial charge is 0.325 e. The molecule has 2 heterocycles. The first-order valence-electron chi connectivity index (χ1n) is 11.7. The van der Waals surface area contributed by atoms with Crippen LogP contribution in [0.4, 0.5) is 0 Å². The molecule has 0 saturated heterocycles. The third kappa shape index (κ3) is 5.76. The number of nitrogens with one attached hydrogen (secondary N) is 1. The van der Waals surface area contributed by atoms with E-state index in [2.05, 4.69) is 10.3 Å². The Labute approximate surface area is 213 Å². The maximum atomic E-state index is 12.6. The van der Waals surface area contributed by atoms with Crippen LogP contribution in [0.3, 0.4) is 0 Å². The zero-order valence-corrected chi connectivity index (χ0v) is 21.1. The molecule has 2 aliphatic rings. The number of carboxylic acid groups (broad SMARTS) is 1. The highest BCUT2D eigenvalue weighted by Crippen LogP contribution is 2.39. The second kappa shape index (κ2) is 10.9. The fourth-order valence-electron chi connectivity index (χ4n) is 3.95. The quantitative estimate of drug-likeness (QED) is 0.560. The van der Waals surface area contributed by atoms with Crippen LogP contribution in [0.15, 0.2) is 58.6 Å². The second-order valence-electron chi connectivity index (χ2n) is 8.65. The fraction of sp³-hybridized carbons (Fsp3) is 0.346. The molecule has 36 heavy (non-hydrogen) atoms. The summed E-state index contributed by atoms with van der Waals surface area (Å²) in [6, 6.07) is 14.7. The third-order valence-corrected chi connectivity index (χ3v) is 7.06. The van der Waals surface area contributed by atoms with Gasteiger partial charge in [-0.05, 0) is 44.0 Å². The van der Waals surface area contributed by atoms with Crippen LogP contribution < -0.4 is 10.1 Å². The van der Waals surface area contributed by atoms with Crippen LogP contribution in [0.25, 0.3) is 0 Å². The van der Waals surface area contributed by atoms with Crippen molar-refractivity contribution in [3.05, 3.63) is 65.2 Å². The van der Waals surface area contributed by atoms with Crippen LogP contribution in [-0.4, -0.2) is 56.7 Å². The number of nitrogens with zero attached hydrogens (tertiary/aromatic N) is 3. The van der Waals surface area contributed by atoms with E-state index in [0.717, 1.165) is 28.2 Å². The van der Waals surface area contributed by atoms with E-state index >= 15 is 0 Å². The van der Waals surface area contributed by atoms with Gasteiger partial charge in [-0.2, -0.15) is 10.1 Å². The summed E-state index contributed by atoms with van der Waals surface area (Å²) in [6.07, 6.45) is 0.455. The molecule has 0 saturated carbocycles. The van der Waals surface area contributed by atoms with E-state index in [9.17, 15) is 14.4 Å². The molecule has 2 aromatic carbocycles. The average Bonchev–Trinajstić information content (AvgIpc) is 3.44. The summed E-state index contributed by atoms with van der Waals surface area (Å²) in [5.74, 6) is -1.31. The van der Waals surface area contributed by atoms with Gasteiger partial charge in [-0.1, -0.05) is 53.7 Å². The van der Waals surface area contributed by atoms with E-state index in [0.29, 0.717) is 18.2 Å². The lowest BCUT2D eigenvalue weighted by molar-refractivity contribution is -0.141. The van der Waals surface area contributed by atoms with E-state index in [-0.39, 0.29) is 12.5 Å². The van der Waals surface area contributed by atoms with Crippen molar-refractivity contribution < 1.29 is 24.2 Å². The maximum absolute atomic E-state index is 12.6. The van der Waals surface area contributed by atoms with Gasteiger partial charge in [0.15, 0.2) is 5.17 Å². The molecule has 0 radical (unpaired) electrons. The molecular formula is C26H28N4O5S. The number of amidine groups is 1. The molecule has 4 rings (SSSR count). The molecule has 2 amide bonds. The summed E-state index contributed by atoms with van der Waals surface area (Å²) >= 11 is 1.18. The number of amides is 2. The average molecular weight is 509 g/mol. The number of aryl methyl sites for hydroxylation is 1. The number of carbonyl (C=O) groups excluding carboxylic acids is 2. The Morgan fingerprint density at radius 1 is 1.19 bits per heavy atom. The summed E-state index contributed by atoms with van der Waals surface area (Å²) in [7, 11) is 0. The predicted octanol–water partition coefficient (Wildman–Crippen LogP) is 3.52. The molecular weight excluding hydrogens is 480 g/mol. The summed E-state index contributed by atoms with van der Waals surface area (Å²) < 4.78 is 5.57. The number of hydrogen-bond donors (Lipinski definition) is 2. The van der Waals surface area contributed by atoms with Gasteiger partial charge in [-0.15, -0.1) is 0 Å². The number of hydrazone groups is 1. The van der Waals surface area contributed by atoms with Gasteiger partial charge in [-0.25, -0.2) is 5.01 Å². The number of rotatable bonds is 8. The monoisotopic (exact) mass is 508 g/mol. The first-order chi connectivity index (χ1) is 17.2. The fourth-order valence-corrected chi connectivity index (χ4v) is 5.02. The summed E-state index contributed by atoms with van der Waals surface area (Å²) in [6.45, 7) is 5.90. The van der Waals surface area contributed by atoms with Crippen LogP contribution in [-0.2, 0) is 14.4 Å². The van der Waals surface area contributed by atoms with Crippen LogP contribution in [0.5, 0.6) is 5.75 Å². The van der Waals surface area contributed by atoms with E-state index in [1.807, 2.05) is 62.4 Å². The Morgan fingerprint density at radius 2 is 1.89 bits per heavy atom. The van der Waals surface area contributed by atoms with Crippen molar-refractivity contribution in [3.8, 4) is 5.75 Å². The Bertz CT molecular complexity index is 1210. The number of benzene rings is 2. The zero-order valence-electron chi connectivity index (χ0n) is 20.3. The first-order valence-corrected chi connectivity index (χ1v) is 12.6. The van der Waals surface area contributed by atoms with Gasteiger partial charge in [0.25, 0.3) is 5.91 Å². The largest absolute Gasteiger partial charge is 0.494 e. The van der Waals surface area contributed by atoms with E-state index < -0.39 is 29.1 Å². The molecule has 9 nitrogen and oxygen atoms in total. The zero-order chi connectivity index (χ0) is 25.8.